The molecule has 0 saturated heterocycles. The minimum absolute atomic E-state index is 0.0884. The van der Waals surface area contributed by atoms with Crippen LogP contribution in [0, 0.1) is 17.8 Å². The number of aromatic nitrogens is 3. The van der Waals surface area contributed by atoms with Crippen molar-refractivity contribution in [1.29, 1.82) is 0 Å². The van der Waals surface area contributed by atoms with Crippen LogP contribution < -0.4 is 15.4 Å². The summed E-state index contributed by atoms with van der Waals surface area (Å²) in [5.74, 6) is 3.44. The Morgan fingerprint density at radius 1 is 1.12 bits per heavy atom. The Morgan fingerprint density at radius 2 is 2.00 bits per heavy atom. The topological polar surface area (TPSA) is 92.2 Å². The number of nitrogens with zero attached hydrogens (tertiary/aromatic N) is 3. The number of phenols is 1. The van der Waals surface area contributed by atoms with Crippen molar-refractivity contribution in [3.63, 3.8) is 0 Å². The summed E-state index contributed by atoms with van der Waals surface area (Å²) in [5, 5.41) is 17.2. The molecule has 8 heteroatoms. The van der Waals surface area contributed by atoms with Crippen LogP contribution in [0.1, 0.15) is 39.0 Å². The highest BCUT2D eigenvalue weighted by Crippen LogP contribution is 2.42. The second-order valence-electron chi connectivity index (χ2n) is 9.40. The van der Waals surface area contributed by atoms with Crippen LogP contribution >= 0.6 is 12.2 Å². The van der Waals surface area contributed by atoms with E-state index in [0.717, 1.165) is 23.1 Å². The number of fused-ring (bicyclic) bond motifs is 3. The van der Waals surface area contributed by atoms with E-state index in [2.05, 4.69) is 32.5 Å². The zero-order valence-electron chi connectivity index (χ0n) is 18.9. The molecule has 0 amide bonds. The molecule has 2 aromatic heterocycles. The first kappa shape index (κ1) is 21.8. The number of hydrogen-bond donors (Lipinski definition) is 3. The van der Waals surface area contributed by atoms with Crippen molar-refractivity contribution in [2.45, 2.75) is 45.1 Å². The van der Waals surface area contributed by atoms with Crippen LogP contribution in [0.3, 0.4) is 0 Å². The molecule has 3 aromatic rings. The largest absolute Gasteiger partial charge is 0.504 e. The number of hydrogen-bond acceptors (Lipinski definition) is 6. The van der Waals surface area contributed by atoms with Crippen molar-refractivity contribution in [3.8, 4) is 22.8 Å². The van der Waals surface area contributed by atoms with Gasteiger partial charge in [-0.2, -0.15) is 0 Å². The van der Waals surface area contributed by atoms with E-state index in [-0.39, 0.29) is 5.75 Å². The zero-order valence-corrected chi connectivity index (χ0v) is 19.7. The Bertz CT molecular complexity index is 1180. The summed E-state index contributed by atoms with van der Waals surface area (Å²) in [7, 11) is 1.52. The zero-order chi connectivity index (χ0) is 22.9. The molecular weight excluding hydrogens is 434 g/mol. The predicted molar refractivity (Wildman–Crippen MR) is 133 cm³/mol. The first-order valence-corrected chi connectivity index (χ1v) is 12.0. The fourth-order valence-electron chi connectivity index (χ4n) is 5.48. The van der Waals surface area contributed by atoms with E-state index < -0.39 is 0 Å². The number of thiocarbonyl (C=S) groups is 1. The molecule has 2 fully saturated rings. The molecule has 2 bridgehead atoms. The molecule has 2 heterocycles. The minimum atomic E-state index is 0.0884. The molecule has 4 atom stereocenters. The molecule has 5 rings (SSSR count). The van der Waals surface area contributed by atoms with Gasteiger partial charge in [0.25, 0.3) is 0 Å². The quantitative estimate of drug-likeness (QED) is 0.470. The maximum atomic E-state index is 9.86. The Morgan fingerprint density at radius 3 is 2.85 bits per heavy atom. The highest BCUT2D eigenvalue weighted by molar-refractivity contribution is 7.80. The molecule has 0 aliphatic heterocycles. The van der Waals surface area contributed by atoms with Crippen molar-refractivity contribution >= 4 is 34.3 Å². The van der Waals surface area contributed by atoms with E-state index >= 15 is 0 Å². The van der Waals surface area contributed by atoms with E-state index in [4.69, 9.17) is 17.0 Å². The molecule has 172 valence electrons. The third kappa shape index (κ3) is 4.71. The van der Waals surface area contributed by atoms with Crippen molar-refractivity contribution < 1.29 is 9.84 Å². The van der Waals surface area contributed by atoms with Gasteiger partial charge in [0, 0.05) is 11.6 Å². The average Bonchev–Trinajstić information content (AvgIpc) is 2.80. The lowest BCUT2D eigenvalue weighted by Gasteiger charge is -2.43. The van der Waals surface area contributed by atoms with Gasteiger partial charge in [0.15, 0.2) is 28.1 Å². The van der Waals surface area contributed by atoms with Crippen LogP contribution in [-0.2, 0) is 0 Å². The van der Waals surface area contributed by atoms with Gasteiger partial charge < -0.3 is 20.5 Å². The van der Waals surface area contributed by atoms with Gasteiger partial charge in [-0.15, -0.1) is 0 Å². The molecule has 1 unspecified atom stereocenters. The number of rotatable bonds is 4. The SMILES string of the molecule is COc1cc(-c2ccc3ncc(NC(=S)NC4CC[C@@H]5C[C@H](C)C[C@H]4C5)nc3n2)ccc1O. The van der Waals surface area contributed by atoms with Crippen LogP contribution in [-0.4, -0.2) is 38.3 Å². The number of benzene rings is 1. The smallest absolute Gasteiger partial charge is 0.180 e. The second-order valence-corrected chi connectivity index (χ2v) is 9.81. The van der Waals surface area contributed by atoms with Gasteiger partial charge in [0.2, 0.25) is 0 Å². The maximum Gasteiger partial charge on any atom is 0.180 e. The summed E-state index contributed by atoms with van der Waals surface area (Å²) in [6.45, 7) is 2.37. The summed E-state index contributed by atoms with van der Waals surface area (Å²) in [4.78, 5) is 13.8. The monoisotopic (exact) mass is 463 g/mol. The molecule has 1 aromatic carbocycles. The number of ether oxygens (including phenoxy) is 1. The second kappa shape index (κ2) is 9.09. The molecular formula is C25H29N5O2S. The number of anilines is 1. The minimum Gasteiger partial charge on any atom is -0.504 e. The first-order chi connectivity index (χ1) is 16.0. The highest BCUT2D eigenvalue weighted by Gasteiger charge is 2.36. The van der Waals surface area contributed by atoms with Crippen LogP contribution in [0.2, 0.25) is 0 Å². The number of aromatic hydroxyl groups is 1. The van der Waals surface area contributed by atoms with Gasteiger partial charge in [0.05, 0.1) is 19.0 Å². The summed E-state index contributed by atoms with van der Waals surface area (Å²) in [6, 6.07) is 9.32. The summed E-state index contributed by atoms with van der Waals surface area (Å²) in [6.07, 6.45) is 8.11. The number of nitrogens with one attached hydrogen (secondary N) is 2. The average molecular weight is 464 g/mol. The lowest BCUT2D eigenvalue weighted by Crippen LogP contribution is -2.47. The fraction of sp³-hybridized carbons (Fsp3) is 0.440. The molecule has 2 aliphatic carbocycles. The standard InChI is InChI=1S/C25H29N5O2S/c1-14-9-15-3-5-19(17(10-14)11-15)28-25(33)30-23-13-26-20-7-6-18(27-24(20)29-23)16-4-8-21(31)22(12-16)32-2/h4,6-8,12-15,17,19,31H,3,5,9-11H2,1-2H3,(H2,27,28,29,30,33)/t14-,15+,17-,19?/m0/s1. The number of methoxy groups -OCH3 is 1. The Balaban J connectivity index is 1.31. The van der Waals surface area contributed by atoms with Crippen LogP contribution in [0.4, 0.5) is 5.82 Å². The van der Waals surface area contributed by atoms with Gasteiger partial charge >= 0.3 is 0 Å². The maximum absolute atomic E-state index is 9.86. The van der Waals surface area contributed by atoms with E-state index in [0.29, 0.717) is 39.8 Å². The molecule has 3 N–H and O–H groups in total. The third-order valence-electron chi connectivity index (χ3n) is 6.97. The molecule has 0 spiro atoms. The lowest BCUT2D eigenvalue weighted by atomic mass is 9.66. The van der Waals surface area contributed by atoms with Crippen molar-refractivity contribution in [2.75, 3.05) is 12.4 Å². The van der Waals surface area contributed by atoms with Crippen molar-refractivity contribution in [1.82, 2.24) is 20.3 Å². The van der Waals surface area contributed by atoms with Gasteiger partial charge in [-0.05, 0) is 92.4 Å². The van der Waals surface area contributed by atoms with Gasteiger partial charge in [0.1, 0.15) is 5.52 Å². The summed E-state index contributed by atoms with van der Waals surface area (Å²) in [5.41, 5.74) is 2.76. The summed E-state index contributed by atoms with van der Waals surface area (Å²) >= 11 is 5.61. The van der Waals surface area contributed by atoms with E-state index in [9.17, 15) is 5.11 Å². The summed E-state index contributed by atoms with van der Waals surface area (Å²) < 4.78 is 5.21. The van der Waals surface area contributed by atoms with Gasteiger partial charge in [-0.1, -0.05) is 6.92 Å². The lowest BCUT2D eigenvalue weighted by molar-refractivity contribution is 0.118. The number of phenolic OH excluding ortho intramolecular Hbond substituents is 1. The van der Waals surface area contributed by atoms with Crippen LogP contribution in [0.25, 0.3) is 22.4 Å². The Hall–Kier alpha value is -3.00. The predicted octanol–water partition coefficient (Wildman–Crippen LogP) is 4.91. The van der Waals surface area contributed by atoms with Crippen molar-refractivity contribution in [2.24, 2.45) is 17.8 Å². The first-order valence-electron chi connectivity index (χ1n) is 11.6. The van der Waals surface area contributed by atoms with Crippen LogP contribution in [0.15, 0.2) is 36.5 Å². The van der Waals surface area contributed by atoms with E-state index in [1.54, 1.807) is 24.4 Å². The van der Waals surface area contributed by atoms with Crippen molar-refractivity contribution in [3.05, 3.63) is 36.5 Å². The van der Waals surface area contributed by atoms with E-state index in [1.807, 2.05) is 12.1 Å². The van der Waals surface area contributed by atoms with Gasteiger partial charge in [-0.25, -0.2) is 15.0 Å². The fourth-order valence-corrected chi connectivity index (χ4v) is 5.74. The molecule has 7 nitrogen and oxygen atoms in total. The molecule has 2 aliphatic rings. The van der Waals surface area contributed by atoms with Gasteiger partial charge in [-0.3, -0.25) is 0 Å². The highest BCUT2D eigenvalue weighted by atomic mass is 32.1. The third-order valence-corrected chi connectivity index (χ3v) is 7.19. The van der Waals surface area contributed by atoms with E-state index in [1.165, 1.54) is 39.2 Å². The molecule has 2 saturated carbocycles. The normalized spacial score (nSPS) is 24.3. The Labute approximate surface area is 199 Å². The molecule has 33 heavy (non-hydrogen) atoms. The Kier molecular flexibility index (Phi) is 6.01. The number of pyridine rings is 1. The molecule has 0 radical (unpaired) electrons. The van der Waals surface area contributed by atoms with Crippen LogP contribution in [0.5, 0.6) is 11.5 Å².